The van der Waals surface area contributed by atoms with Crippen molar-refractivity contribution in [1.82, 2.24) is 0 Å². The Hall–Kier alpha value is -2.16. The van der Waals surface area contributed by atoms with Gasteiger partial charge in [0, 0.05) is 24.5 Å². The lowest BCUT2D eigenvalue weighted by atomic mass is 10.1. The van der Waals surface area contributed by atoms with Crippen LogP contribution in [0, 0.1) is 13.8 Å². The molecular weight excluding hydrogens is 320 g/mol. The Balaban J connectivity index is 1.61. The zero-order valence-corrected chi connectivity index (χ0v) is 16.6. The summed E-state index contributed by atoms with van der Waals surface area (Å²) in [4.78, 5) is 0. The van der Waals surface area contributed by atoms with Crippen LogP contribution >= 0.6 is 0 Å². The summed E-state index contributed by atoms with van der Waals surface area (Å²) in [5.41, 5.74) is 4.96. The van der Waals surface area contributed by atoms with Crippen molar-refractivity contribution in [2.24, 2.45) is 0 Å². The average molecular weight is 355 g/mol. The molecule has 0 aliphatic carbocycles. The number of ether oxygens (including phenoxy) is 1. The minimum Gasteiger partial charge on any atom is -0.494 e. The summed E-state index contributed by atoms with van der Waals surface area (Å²) < 4.78 is 5.81. The van der Waals surface area contributed by atoms with Crippen molar-refractivity contribution in [3.63, 3.8) is 0 Å². The van der Waals surface area contributed by atoms with E-state index in [4.69, 9.17) is 4.74 Å². The smallest absolute Gasteiger partial charge is 0.119 e. The summed E-state index contributed by atoms with van der Waals surface area (Å²) in [6.45, 7) is 9.11. The first-order valence-corrected chi connectivity index (χ1v) is 9.97. The Morgan fingerprint density at radius 2 is 1.38 bits per heavy atom. The van der Waals surface area contributed by atoms with Crippen molar-refractivity contribution in [2.75, 3.05) is 30.3 Å². The normalized spacial score (nSPS) is 10.6. The molecule has 0 aliphatic heterocycles. The zero-order chi connectivity index (χ0) is 18.6. The molecule has 2 rings (SSSR count). The van der Waals surface area contributed by atoms with E-state index in [1.807, 2.05) is 12.1 Å². The van der Waals surface area contributed by atoms with Crippen molar-refractivity contribution < 1.29 is 4.74 Å². The van der Waals surface area contributed by atoms with Gasteiger partial charge in [-0.1, -0.05) is 38.7 Å². The van der Waals surface area contributed by atoms with E-state index in [9.17, 15) is 0 Å². The van der Waals surface area contributed by atoms with E-state index in [1.165, 1.54) is 42.5 Å². The number of nitrogens with one attached hydrogen (secondary N) is 2. The molecule has 0 bridgehead atoms. The molecule has 0 atom stereocenters. The van der Waals surface area contributed by atoms with Crippen LogP contribution in [-0.2, 0) is 0 Å². The lowest BCUT2D eigenvalue weighted by molar-refractivity contribution is 0.304. The predicted octanol–water partition coefficient (Wildman–Crippen LogP) is 6.18. The summed E-state index contributed by atoms with van der Waals surface area (Å²) in [7, 11) is 0. The first-order valence-electron chi connectivity index (χ1n) is 9.97. The van der Waals surface area contributed by atoms with Gasteiger partial charge in [-0.15, -0.1) is 0 Å². The number of aryl methyl sites for hydroxylation is 2. The Labute approximate surface area is 159 Å². The van der Waals surface area contributed by atoms with Gasteiger partial charge in [0.05, 0.1) is 6.61 Å². The number of hydrogen-bond donors (Lipinski definition) is 2. The topological polar surface area (TPSA) is 33.3 Å². The van der Waals surface area contributed by atoms with Crippen LogP contribution in [0.15, 0.2) is 42.5 Å². The van der Waals surface area contributed by atoms with Crippen LogP contribution in [0.5, 0.6) is 5.75 Å². The molecule has 26 heavy (non-hydrogen) atoms. The Morgan fingerprint density at radius 1 is 0.731 bits per heavy atom. The molecule has 0 fully saturated rings. The van der Waals surface area contributed by atoms with Crippen molar-refractivity contribution >= 4 is 11.4 Å². The zero-order valence-electron chi connectivity index (χ0n) is 16.6. The van der Waals surface area contributed by atoms with Gasteiger partial charge in [0.25, 0.3) is 0 Å². The van der Waals surface area contributed by atoms with Gasteiger partial charge in [0.15, 0.2) is 0 Å². The third kappa shape index (κ3) is 7.38. The lowest BCUT2D eigenvalue weighted by Gasteiger charge is -2.11. The lowest BCUT2D eigenvalue weighted by Crippen LogP contribution is -2.13. The molecule has 0 heterocycles. The monoisotopic (exact) mass is 354 g/mol. The molecule has 0 saturated carbocycles. The van der Waals surface area contributed by atoms with Gasteiger partial charge in [-0.2, -0.15) is 0 Å². The van der Waals surface area contributed by atoms with Crippen LogP contribution in [-0.4, -0.2) is 19.7 Å². The van der Waals surface area contributed by atoms with Gasteiger partial charge < -0.3 is 15.4 Å². The second-order valence-corrected chi connectivity index (χ2v) is 6.94. The fourth-order valence-electron chi connectivity index (χ4n) is 2.83. The molecule has 2 aromatic carbocycles. The highest BCUT2D eigenvalue weighted by molar-refractivity contribution is 5.49. The third-order valence-electron chi connectivity index (χ3n) is 4.66. The summed E-state index contributed by atoms with van der Waals surface area (Å²) in [6.07, 6.45) is 6.35. The van der Waals surface area contributed by atoms with Crippen LogP contribution in [0.25, 0.3) is 0 Å². The maximum Gasteiger partial charge on any atom is 0.119 e. The van der Waals surface area contributed by atoms with Crippen LogP contribution in [0.1, 0.15) is 50.2 Å². The van der Waals surface area contributed by atoms with Crippen LogP contribution in [0.2, 0.25) is 0 Å². The van der Waals surface area contributed by atoms with Crippen molar-refractivity contribution in [2.45, 2.75) is 52.9 Å². The minimum atomic E-state index is 0.816. The molecule has 0 amide bonds. The van der Waals surface area contributed by atoms with E-state index in [0.717, 1.165) is 37.6 Å². The number of benzene rings is 2. The summed E-state index contributed by atoms with van der Waals surface area (Å²) >= 11 is 0. The largest absolute Gasteiger partial charge is 0.494 e. The van der Waals surface area contributed by atoms with Crippen LogP contribution in [0.4, 0.5) is 11.4 Å². The molecule has 3 nitrogen and oxygen atoms in total. The standard InChI is InChI=1S/C23H34N2O/c1-4-5-6-7-8-17-26-23-13-11-21(12-14-23)24-15-16-25-22-10-9-19(2)20(3)18-22/h9-14,18,24-25H,4-8,15-17H2,1-3H3. The number of anilines is 2. The van der Waals surface area contributed by atoms with Gasteiger partial charge >= 0.3 is 0 Å². The fourth-order valence-corrected chi connectivity index (χ4v) is 2.83. The van der Waals surface area contributed by atoms with Crippen LogP contribution < -0.4 is 15.4 Å². The van der Waals surface area contributed by atoms with Crippen LogP contribution in [0.3, 0.4) is 0 Å². The predicted molar refractivity (Wildman–Crippen MR) is 114 cm³/mol. The Morgan fingerprint density at radius 3 is 2.08 bits per heavy atom. The molecule has 3 heteroatoms. The summed E-state index contributed by atoms with van der Waals surface area (Å²) in [5.74, 6) is 0.958. The van der Waals surface area contributed by atoms with Gasteiger partial charge in [-0.25, -0.2) is 0 Å². The van der Waals surface area contributed by atoms with Gasteiger partial charge in [0.1, 0.15) is 5.75 Å². The molecule has 0 aliphatic rings. The van der Waals surface area contributed by atoms with Gasteiger partial charge in [-0.05, 0) is 67.8 Å². The van der Waals surface area contributed by atoms with E-state index >= 15 is 0 Å². The maximum atomic E-state index is 5.81. The summed E-state index contributed by atoms with van der Waals surface area (Å²) in [5, 5.41) is 6.90. The van der Waals surface area contributed by atoms with E-state index in [2.05, 4.69) is 61.7 Å². The average Bonchev–Trinajstić information content (AvgIpc) is 2.65. The molecule has 0 saturated heterocycles. The van der Waals surface area contributed by atoms with Crippen molar-refractivity contribution in [3.05, 3.63) is 53.6 Å². The first-order chi connectivity index (χ1) is 12.7. The first kappa shape index (κ1) is 20.2. The molecular formula is C23H34N2O. The number of rotatable bonds is 12. The van der Waals surface area contributed by atoms with Gasteiger partial charge in [-0.3, -0.25) is 0 Å². The molecule has 2 N–H and O–H groups in total. The molecule has 0 aromatic heterocycles. The Bertz CT molecular complexity index is 637. The molecule has 0 unspecified atom stereocenters. The second kappa shape index (κ2) is 11.5. The summed E-state index contributed by atoms with van der Waals surface area (Å²) in [6, 6.07) is 14.8. The number of unbranched alkanes of at least 4 members (excludes halogenated alkanes) is 4. The highest BCUT2D eigenvalue weighted by Crippen LogP contribution is 2.17. The van der Waals surface area contributed by atoms with Crippen molar-refractivity contribution in [3.8, 4) is 5.75 Å². The van der Waals surface area contributed by atoms with E-state index < -0.39 is 0 Å². The third-order valence-corrected chi connectivity index (χ3v) is 4.66. The Kier molecular flexibility index (Phi) is 8.88. The second-order valence-electron chi connectivity index (χ2n) is 6.94. The highest BCUT2D eigenvalue weighted by atomic mass is 16.5. The SMILES string of the molecule is CCCCCCCOc1ccc(NCCNc2ccc(C)c(C)c2)cc1. The number of hydrogen-bond acceptors (Lipinski definition) is 3. The maximum absolute atomic E-state index is 5.81. The molecule has 0 spiro atoms. The van der Waals surface area contributed by atoms with Crippen molar-refractivity contribution in [1.29, 1.82) is 0 Å². The molecule has 2 aromatic rings. The quantitative estimate of drug-likeness (QED) is 0.447. The molecule has 142 valence electrons. The van der Waals surface area contributed by atoms with E-state index in [0.29, 0.717) is 0 Å². The van der Waals surface area contributed by atoms with E-state index in [1.54, 1.807) is 0 Å². The molecule has 0 radical (unpaired) electrons. The van der Waals surface area contributed by atoms with E-state index in [-0.39, 0.29) is 0 Å². The fraction of sp³-hybridized carbons (Fsp3) is 0.478. The van der Waals surface area contributed by atoms with Gasteiger partial charge in [0.2, 0.25) is 0 Å². The highest BCUT2D eigenvalue weighted by Gasteiger charge is 1.98. The minimum absolute atomic E-state index is 0.816.